The zero-order valence-corrected chi connectivity index (χ0v) is 16.3. The van der Waals surface area contributed by atoms with Gasteiger partial charge in [-0.3, -0.25) is 9.69 Å². The molecule has 0 bridgehead atoms. The summed E-state index contributed by atoms with van der Waals surface area (Å²) in [5, 5.41) is 2.90. The number of rotatable bonds is 5. The molecular formula is C20H31N3O3. The van der Waals surface area contributed by atoms with E-state index in [0.717, 1.165) is 19.4 Å². The average molecular weight is 361 g/mol. The summed E-state index contributed by atoms with van der Waals surface area (Å²) in [7, 11) is 1.96. The Morgan fingerprint density at radius 3 is 2.38 bits per heavy atom. The van der Waals surface area contributed by atoms with Crippen molar-refractivity contribution in [3.63, 3.8) is 0 Å². The molecule has 1 aliphatic heterocycles. The number of benzene rings is 1. The molecular weight excluding hydrogens is 330 g/mol. The molecule has 1 aromatic carbocycles. The van der Waals surface area contributed by atoms with Gasteiger partial charge in [0.25, 0.3) is 0 Å². The fraction of sp³-hybridized carbons (Fsp3) is 0.600. The van der Waals surface area contributed by atoms with E-state index in [1.807, 2.05) is 55.8 Å². The first kappa shape index (κ1) is 20.2. The molecule has 0 atom stereocenters. The smallest absolute Gasteiger partial charge is 0.407 e. The van der Waals surface area contributed by atoms with Crippen LogP contribution in [-0.2, 0) is 16.1 Å². The summed E-state index contributed by atoms with van der Waals surface area (Å²) in [6.07, 6.45) is 1.13. The maximum Gasteiger partial charge on any atom is 0.407 e. The standard InChI is InChI=1S/C20H31N3O3/c1-20(2,3)26-19(25)21-17-10-12-23(13-11-17)18(24)15-22(4)14-16-8-6-5-7-9-16/h5-9,17H,10-15H2,1-4H3,(H,21,25). The van der Waals surface area contributed by atoms with Crippen molar-refractivity contribution in [2.24, 2.45) is 0 Å². The number of alkyl carbamates (subject to hydrolysis) is 1. The number of hydrogen-bond acceptors (Lipinski definition) is 4. The van der Waals surface area contributed by atoms with E-state index in [1.54, 1.807) is 0 Å². The van der Waals surface area contributed by atoms with Gasteiger partial charge in [-0.15, -0.1) is 0 Å². The number of hydrogen-bond donors (Lipinski definition) is 1. The number of likely N-dealkylation sites (N-methyl/N-ethyl adjacent to an activating group) is 1. The average Bonchev–Trinajstić information content (AvgIpc) is 2.54. The molecule has 26 heavy (non-hydrogen) atoms. The van der Waals surface area contributed by atoms with Gasteiger partial charge in [0, 0.05) is 25.7 Å². The minimum atomic E-state index is -0.496. The number of carbonyl (C=O) groups excluding carboxylic acids is 2. The quantitative estimate of drug-likeness (QED) is 0.876. The summed E-state index contributed by atoms with van der Waals surface area (Å²) >= 11 is 0. The third-order valence-electron chi connectivity index (χ3n) is 4.27. The van der Waals surface area contributed by atoms with Crippen LogP contribution in [0.4, 0.5) is 4.79 Å². The van der Waals surface area contributed by atoms with Gasteiger partial charge in [0.05, 0.1) is 6.54 Å². The second kappa shape index (κ2) is 9.03. The number of ether oxygens (including phenoxy) is 1. The van der Waals surface area contributed by atoms with Crippen molar-refractivity contribution in [3.8, 4) is 0 Å². The van der Waals surface area contributed by atoms with E-state index in [0.29, 0.717) is 19.6 Å². The van der Waals surface area contributed by atoms with Gasteiger partial charge in [0.15, 0.2) is 0 Å². The van der Waals surface area contributed by atoms with Gasteiger partial charge in [-0.25, -0.2) is 4.79 Å². The summed E-state index contributed by atoms with van der Waals surface area (Å²) in [4.78, 5) is 28.2. The van der Waals surface area contributed by atoms with Crippen LogP contribution in [0, 0.1) is 0 Å². The van der Waals surface area contributed by atoms with E-state index in [-0.39, 0.29) is 18.0 Å². The number of nitrogens with zero attached hydrogens (tertiary/aromatic N) is 2. The summed E-state index contributed by atoms with van der Waals surface area (Å²) in [5.41, 5.74) is 0.701. The molecule has 2 amide bonds. The maximum absolute atomic E-state index is 12.5. The van der Waals surface area contributed by atoms with E-state index in [4.69, 9.17) is 4.74 Å². The molecule has 0 radical (unpaired) electrons. The number of amides is 2. The highest BCUT2D eigenvalue weighted by molar-refractivity contribution is 5.78. The lowest BCUT2D eigenvalue weighted by Gasteiger charge is -2.33. The molecule has 1 aliphatic rings. The Bertz CT molecular complexity index is 590. The predicted octanol–water partition coefficient (Wildman–Crippen LogP) is 2.63. The molecule has 1 saturated heterocycles. The zero-order valence-electron chi connectivity index (χ0n) is 16.3. The first-order valence-corrected chi connectivity index (χ1v) is 9.23. The number of carbonyl (C=O) groups is 2. The Kier molecular flexibility index (Phi) is 7.03. The van der Waals surface area contributed by atoms with Crippen LogP contribution in [-0.4, -0.2) is 60.1 Å². The second-order valence-corrected chi connectivity index (χ2v) is 7.96. The molecule has 1 fully saturated rings. The van der Waals surface area contributed by atoms with Gasteiger partial charge in [0.2, 0.25) is 5.91 Å². The van der Waals surface area contributed by atoms with Crippen LogP contribution in [0.5, 0.6) is 0 Å². The molecule has 6 nitrogen and oxygen atoms in total. The van der Waals surface area contributed by atoms with Crippen LogP contribution in [0.1, 0.15) is 39.2 Å². The van der Waals surface area contributed by atoms with Crippen molar-refractivity contribution in [3.05, 3.63) is 35.9 Å². The highest BCUT2D eigenvalue weighted by Gasteiger charge is 2.26. The molecule has 2 rings (SSSR count). The highest BCUT2D eigenvalue weighted by atomic mass is 16.6. The van der Waals surface area contributed by atoms with E-state index < -0.39 is 5.60 Å². The zero-order chi connectivity index (χ0) is 19.2. The first-order valence-electron chi connectivity index (χ1n) is 9.23. The fourth-order valence-corrected chi connectivity index (χ4v) is 3.03. The lowest BCUT2D eigenvalue weighted by molar-refractivity contribution is -0.133. The summed E-state index contributed by atoms with van der Waals surface area (Å²) in [6, 6.07) is 10.2. The second-order valence-electron chi connectivity index (χ2n) is 7.96. The van der Waals surface area contributed by atoms with E-state index in [2.05, 4.69) is 17.4 Å². The molecule has 1 N–H and O–H groups in total. The molecule has 6 heteroatoms. The molecule has 144 valence electrons. The lowest BCUT2D eigenvalue weighted by atomic mass is 10.1. The van der Waals surface area contributed by atoms with Crippen LogP contribution in [0.15, 0.2) is 30.3 Å². The maximum atomic E-state index is 12.5. The van der Waals surface area contributed by atoms with Crippen molar-refractivity contribution in [2.75, 3.05) is 26.7 Å². The van der Waals surface area contributed by atoms with Crippen LogP contribution < -0.4 is 5.32 Å². The van der Waals surface area contributed by atoms with Gasteiger partial charge in [-0.2, -0.15) is 0 Å². The molecule has 1 aromatic rings. The molecule has 0 spiro atoms. The van der Waals surface area contributed by atoms with Gasteiger partial charge < -0.3 is 15.0 Å². The molecule has 1 heterocycles. The number of nitrogens with one attached hydrogen (secondary N) is 1. The summed E-state index contributed by atoms with van der Waals surface area (Å²) in [6.45, 7) is 8.03. The van der Waals surface area contributed by atoms with Gasteiger partial charge in [0.1, 0.15) is 5.60 Å². The SMILES string of the molecule is CN(CC(=O)N1CCC(NC(=O)OC(C)(C)C)CC1)Cc1ccccc1. The fourth-order valence-electron chi connectivity index (χ4n) is 3.03. The van der Waals surface area contributed by atoms with Crippen molar-refractivity contribution >= 4 is 12.0 Å². The Morgan fingerprint density at radius 1 is 1.19 bits per heavy atom. The number of likely N-dealkylation sites (tertiary alicyclic amines) is 1. The normalized spacial score (nSPS) is 15.8. The van der Waals surface area contributed by atoms with E-state index in [9.17, 15) is 9.59 Å². The van der Waals surface area contributed by atoms with Crippen LogP contribution >= 0.6 is 0 Å². The first-order chi connectivity index (χ1) is 12.2. The number of piperidine rings is 1. The predicted molar refractivity (Wildman–Crippen MR) is 102 cm³/mol. The molecule has 0 unspecified atom stereocenters. The molecule has 0 aromatic heterocycles. The summed E-state index contributed by atoms with van der Waals surface area (Å²) in [5.74, 6) is 0.138. The van der Waals surface area contributed by atoms with Crippen molar-refractivity contribution in [1.29, 1.82) is 0 Å². The van der Waals surface area contributed by atoms with Crippen molar-refractivity contribution in [1.82, 2.24) is 15.1 Å². The summed E-state index contributed by atoms with van der Waals surface area (Å²) < 4.78 is 5.29. The Hall–Kier alpha value is -2.08. The van der Waals surface area contributed by atoms with Crippen LogP contribution in [0.25, 0.3) is 0 Å². The van der Waals surface area contributed by atoms with Crippen molar-refractivity contribution in [2.45, 2.75) is 51.8 Å². The lowest BCUT2D eigenvalue weighted by Crippen LogP contribution is -2.49. The third kappa shape index (κ3) is 7.04. The largest absolute Gasteiger partial charge is 0.444 e. The van der Waals surface area contributed by atoms with E-state index >= 15 is 0 Å². The Morgan fingerprint density at radius 2 is 1.81 bits per heavy atom. The highest BCUT2D eigenvalue weighted by Crippen LogP contribution is 2.13. The van der Waals surface area contributed by atoms with Gasteiger partial charge in [-0.1, -0.05) is 30.3 Å². The topological polar surface area (TPSA) is 61.9 Å². The van der Waals surface area contributed by atoms with Crippen LogP contribution in [0.2, 0.25) is 0 Å². The molecule has 0 saturated carbocycles. The molecule has 0 aliphatic carbocycles. The third-order valence-corrected chi connectivity index (χ3v) is 4.27. The minimum Gasteiger partial charge on any atom is -0.444 e. The van der Waals surface area contributed by atoms with Crippen molar-refractivity contribution < 1.29 is 14.3 Å². The van der Waals surface area contributed by atoms with Gasteiger partial charge in [-0.05, 0) is 46.2 Å². The Labute approximate surface area is 156 Å². The monoisotopic (exact) mass is 361 g/mol. The van der Waals surface area contributed by atoms with Gasteiger partial charge >= 0.3 is 6.09 Å². The Balaban J connectivity index is 1.71. The minimum absolute atomic E-state index is 0.0657. The van der Waals surface area contributed by atoms with E-state index in [1.165, 1.54) is 5.56 Å². The van der Waals surface area contributed by atoms with Crippen LogP contribution in [0.3, 0.4) is 0 Å².